The Labute approximate surface area is 125 Å². The number of likely N-dealkylation sites (N-methyl/N-ethyl adjacent to an activating group) is 1. The van der Waals surface area contributed by atoms with Crippen molar-refractivity contribution in [3.05, 3.63) is 0 Å². The Hall–Kier alpha value is -0.120. The molecular weight excluding hydrogens is 246 g/mol. The largest absolute Gasteiger partial charge is 0.326 e. The summed E-state index contributed by atoms with van der Waals surface area (Å²) in [6, 6.07) is 1.78. The van der Waals surface area contributed by atoms with E-state index in [4.69, 9.17) is 5.73 Å². The zero-order valence-corrected chi connectivity index (χ0v) is 13.9. The van der Waals surface area contributed by atoms with Crippen LogP contribution in [0.2, 0.25) is 0 Å². The first-order valence-corrected chi connectivity index (χ1v) is 8.85. The Bertz CT molecular complexity index is 273. The standard InChI is InChI=1S/C17H35N3/c1-4-6-14-7-8-16(18)17(13-14)19(3)15-9-11-20(5-2)12-10-15/h14-17H,4-13,18H2,1-3H3. The van der Waals surface area contributed by atoms with Gasteiger partial charge in [0.05, 0.1) is 0 Å². The topological polar surface area (TPSA) is 32.5 Å². The molecule has 0 aromatic rings. The lowest BCUT2D eigenvalue weighted by atomic mass is 9.79. The third-order valence-corrected chi connectivity index (χ3v) is 5.78. The molecule has 1 saturated carbocycles. The maximum atomic E-state index is 6.45. The van der Waals surface area contributed by atoms with Crippen molar-refractivity contribution in [3.63, 3.8) is 0 Å². The average molecular weight is 281 g/mol. The van der Waals surface area contributed by atoms with E-state index in [1.165, 1.54) is 64.6 Å². The van der Waals surface area contributed by atoms with E-state index in [1.54, 1.807) is 0 Å². The predicted octanol–water partition coefficient (Wildman–Crippen LogP) is 2.70. The summed E-state index contributed by atoms with van der Waals surface area (Å²) in [6.07, 6.45) is 9.29. The van der Waals surface area contributed by atoms with Crippen molar-refractivity contribution in [1.29, 1.82) is 0 Å². The minimum atomic E-state index is 0.400. The van der Waals surface area contributed by atoms with Gasteiger partial charge in [-0.1, -0.05) is 26.7 Å². The molecule has 0 bridgehead atoms. The second-order valence-electron chi connectivity index (χ2n) is 7.03. The van der Waals surface area contributed by atoms with Crippen LogP contribution in [-0.4, -0.2) is 54.6 Å². The van der Waals surface area contributed by atoms with Gasteiger partial charge in [-0.05, 0) is 64.7 Å². The van der Waals surface area contributed by atoms with E-state index in [0.717, 1.165) is 12.0 Å². The molecule has 0 radical (unpaired) electrons. The van der Waals surface area contributed by atoms with Crippen LogP contribution in [0.4, 0.5) is 0 Å². The summed E-state index contributed by atoms with van der Waals surface area (Å²) >= 11 is 0. The highest BCUT2D eigenvalue weighted by Gasteiger charge is 2.34. The average Bonchev–Trinajstić information content (AvgIpc) is 2.49. The van der Waals surface area contributed by atoms with E-state index >= 15 is 0 Å². The lowest BCUT2D eigenvalue weighted by Crippen LogP contribution is -2.55. The van der Waals surface area contributed by atoms with Gasteiger partial charge in [-0.15, -0.1) is 0 Å². The number of nitrogens with zero attached hydrogens (tertiary/aromatic N) is 2. The molecule has 0 aromatic heterocycles. The van der Waals surface area contributed by atoms with Crippen LogP contribution in [0.15, 0.2) is 0 Å². The first-order chi connectivity index (χ1) is 9.65. The van der Waals surface area contributed by atoms with Crippen LogP contribution >= 0.6 is 0 Å². The van der Waals surface area contributed by atoms with Crippen molar-refractivity contribution in [3.8, 4) is 0 Å². The number of nitrogens with two attached hydrogens (primary N) is 1. The summed E-state index contributed by atoms with van der Waals surface area (Å²) in [6.45, 7) is 8.33. The molecule has 3 unspecified atom stereocenters. The maximum absolute atomic E-state index is 6.45. The molecular formula is C17H35N3. The molecule has 0 amide bonds. The van der Waals surface area contributed by atoms with Crippen LogP contribution in [0.5, 0.6) is 0 Å². The normalized spacial score (nSPS) is 33.8. The highest BCUT2D eigenvalue weighted by Crippen LogP contribution is 2.31. The van der Waals surface area contributed by atoms with Gasteiger partial charge >= 0.3 is 0 Å². The van der Waals surface area contributed by atoms with E-state index in [2.05, 4.69) is 30.7 Å². The monoisotopic (exact) mass is 281 g/mol. The van der Waals surface area contributed by atoms with Crippen LogP contribution < -0.4 is 5.73 Å². The summed E-state index contributed by atoms with van der Waals surface area (Å²) in [7, 11) is 2.34. The molecule has 1 heterocycles. The summed E-state index contributed by atoms with van der Waals surface area (Å²) in [5.41, 5.74) is 6.45. The van der Waals surface area contributed by atoms with Crippen molar-refractivity contribution in [2.24, 2.45) is 11.7 Å². The van der Waals surface area contributed by atoms with Crippen LogP contribution in [0.25, 0.3) is 0 Å². The van der Waals surface area contributed by atoms with Gasteiger partial charge < -0.3 is 10.6 Å². The van der Waals surface area contributed by atoms with E-state index in [9.17, 15) is 0 Å². The predicted molar refractivity (Wildman–Crippen MR) is 86.9 cm³/mol. The molecule has 1 aliphatic carbocycles. The third-order valence-electron chi connectivity index (χ3n) is 5.78. The molecule has 2 N–H and O–H groups in total. The van der Waals surface area contributed by atoms with Gasteiger partial charge in [0, 0.05) is 18.1 Å². The zero-order valence-electron chi connectivity index (χ0n) is 13.9. The van der Waals surface area contributed by atoms with Crippen molar-refractivity contribution >= 4 is 0 Å². The Morgan fingerprint density at radius 1 is 1.10 bits per heavy atom. The first-order valence-electron chi connectivity index (χ1n) is 8.85. The first kappa shape index (κ1) is 16.3. The molecule has 2 fully saturated rings. The third kappa shape index (κ3) is 3.96. The molecule has 1 aliphatic heterocycles. The van der Waals surface area contributed by atoms with Gasteiger partial charge in [-0.2, -0.15) is 0 Å². The van der Waals surface area contributed by atoms with E-state index in [1.807, 2.05) is 0 Å². The molecule has 20 heavy (non-hydrogen) atoms. The molecule has 1 saturated heterocycles. The molecule has 0 spiro atoms. The number of likely N-dealkylation sites (tertiary alicyclic amines) is 1. The van der Waals surface area contributed by atoms with Crippen molar-refractivity contribution in [2.45, 2.75) is 76.9 Å². The fourth-order valence-corrected chi connectivity index (χ4v) is 4.31. The Morgan fingerprint density at radius 2 is 1.80 bits per heavy atom. The second-order valence-corrected chi connectivity index (χ2v) is 7.03. The van der Waals surface area contributed by atoms with Crippen LogP contribution in [0.3, 0.4) is 0 Å². The quantitative estimate of drug-likeness (QED) is 0.841. The Morgan fingerprint density at radius 3 is 2.40 bits per heavy atom. The number of piperidine rings is 1. The minimum Gasteiger partial charge on any atom is -0.326 e. The molecule has 2 rings (SSSR count). The lowest BCUT2D eigenvalue weighted by Gasteiger charge is -2.45. The molecule has 3 nitrogen and oxygen atoms in total. The zero-order chi connectivity index (χ0) is 14.5. The summed E-state index contributed by atoms with van der Waals surface area (Å²) in [5.74, 6) is 0.919. The molecule has 3 heteroatoms. The highest BCUT2D eigenvalue weighted by atomic mass is 15.2. The van der Waals surface area contributed by atoms with Gasteiger partial charge in [-0.25, -0.2) is 0 Å². The van der Waals surface area contributed by atoms with Crippen LogP contribution in [-0.2, 0) is 0 Å². The van der Waals surface area contributed by atoms with Crippen LogP contribution in [0.1, 0.15) is 58.8 Å². The number of hydrogen-bond donors (Lipinski definition) is 1. The molecule has 0 aromatic carbocycles. The van der Waals surface area contributed by atoms with E-state index in [-0.39, 0.29) is 0 Å². The summed E-state index contributed by atoms with van der Waals surface area (Å²) in [4.78, 5) is 5.23. The van der Waals surface area contributed by atoms with Crippen molar-refractivity contribution in [1.82, 2.24) is 9.80 Å². The maximum Gasteiger partial charge on any atom is 0.0249 e. The highest BCUT2D eigenvalue weighted by molar-refractivity contribution is 4.91. The Balaban J connectivity index is 1.88. The SMILES string of the molecule is CCCC1CCC(N)C(N(C)C2CCN(CC)CC2)C1. The van der Waals surface area contributed by atoms with Gasteiger partial charge in [0.25, 0.3) is 0 Å². The molecule has 118 valence electrons. The van der Waals surface area contributed by atoms with Gasteiger partial charge in [-0.3, -0.25) is 4.90 Å². The molecule has 2 aliphatic rings. The minimum absolute atomic E-state index is 0.400. The van der Waals surface area contributed by atoms with Crippen molar-refractivity contribution in [2.75, 3.05) is 26.7 Å². The molecule has 3 atom stereocenters. The fourth-order valence-electron chi connectivity index (χ4n) is 4.31. The van der Waals surface area contributed by atoms with Gasteiger partial charge in [0.15, 0.2) is 0 Å². The smallest absolute Gasteiger partial charge is 0.0249 e. The lowest BCUT2D eigenvalue weighted by molar-refractivity contribution is 0.0580. The van der Waals surface area contributed by atoms with Crippen molar-refractivity contribution < 1.29 is 0 Å². The number of rotatable bonds is 5. The summed E-state index contributed by atoms with van der Waals surface area (Å²) < 4.78 is 0. The van der Waals surface area contributed by atoms with E-state index < -0.39 is 0 Å². The van der Waals surface area contributed by atoms with Gasteiger partial charge in [0.1, 0.15) is 0 Å². The Kier molecular flexibility index (Phi) is 6.31. The van der Waals surface area contributed by atoms with E-state index in [0.29, 0.717) is 12.1 Å². The van der Waals surface area contributed by atoms with Crippen LogP contribution in [0, 0.1) is 5.92 Å². The number of hydrogen-bond acceptors (Lipinski definition) is 3. The van der Waals surface area contributed by atoms with Gasteiger partial charge in [0.2, 0.25) is 0 Å². The summed E-state index contributed by atoms with van der Waals surface area (Å²) in [5, 5.41) is 0. The second kappa shape index (κ2) is 7.77. The fraction of sp³-hybridized carbons (Fsp3) is 1.00.